The summed E-state index contributed by atoms with van der Waals surface area (Å²) in [5.41, 5.74) is 2.53. The second kappa shape index (κ2) is 10.8. The first-order chi connectivity index (χ1) is 15.3. The lowest BCUT2D eigenvalue weighted by Crippen LogP contribution is -2.42. The predicted octanol–water partition coefficient (Wildman–Crippen LogP) is 6.30. The molecular formula is C23H21Cl2FN4O2. The van der Waals surface area contributed by atoms with Crippen LogP contribution in [0, 0.1) is 12.7 Å². The third-order valence-electron chi connectivity index (χ3n) is 4.57. The molecule has 6 nitrogen and oxygen atoms in total. The Morgan fingerprint density at radius 3 is 2.34 bits per heavy atom. The highest BCUT2D eigenvalue weighted by molar-refractivity contribution is 6.42. The van der Waals surface area contributed by atoms with E-state index in [9.17, 15) is 14.0 Å². The lowest BCUT2D eigenvalue weighted by molar-refractivity contribution is 0.250. The van der Waals surface area contributed by atoms with Gasteiger partial charge in [-0.2, -0.15) is 0 Å². The van der Waals surface area contributed by atoms with E-state index in [1.54, 1.807) is 18.2 Å². The molecular weight excluding hydrogens is 454 g/mol. The monoisotopic (exact) mass is 474 g/mol. The highest BCUT2D eigenvalue weighted by atomic mass is 35.5. The number of halogens is 3. The molecule has 32 heavy (non-hydrogen) atoms. The Bertz CT molecular complexity index is 1110. The second-order valence-corrected chi connectivity index (χ2v) is 7.70. The SMILES string of the molecule is Cc1ccccc1NC(=O)NCCN(C(=O)Nc1ccc(Cl)c(Cl)c1)c1ccc(F)cc1. The molecule has 0 bridgehead atoms. The summed E-state index contributed by atoms with van der Waals surface area (Å²) in [6.07, 6.45) is 0. The summed E-state index contributed by atoms with van der Waals surface area (Å²) < 4.78 is 13.4. The van der Waals surface area contributed by atoms with E-state index in [-0.39, 0.29) is 13.1 Å². The number of anilines is 3. The molecule has 0 aliphatic heterocycles. The van der Waals surface area contributed by atoms with Crippen LogP contribution in [0.25, 0.3) is 0 Å². The first-order valence-corrected chi connectivity index (χ1v) is 10.5. The number of aryl methyl sites for hydroxylation is 1. The van der Waals surface area contributed by atoms with E-state index < -0.39 is 17.9 Å². The Balaban J connectivity index is 1.66. The highest BCUT2D eigenvalue weighted by Gasteiger charge is 2.17. The van der Waals surface area contributed by atoms with Crippen LogP contribution >= 0.6 is 23.2 Å². The van der Waals surface area contributed by atoms with E-state index in [0.717, 1.165) is 5.56 Å². The van der Waals surface area contributed by atoms with Gasteiger partial charge in [0.1, 0.15) is 5.82 Å². The van der Waals surface area contributed by atoms with Gasteiger partial charge in [0.15, 0.2) is 0 Å². The van der Waals surface area contributed by atoms with Crippen LogP contribution < -0.4 is 20.9 Å². The van der Waals surface area contributed by atoms with Gasteiger partial charge in [-0.1, -0.05) is 41.4 Å². The van der Waals surface area contributed by atoms with E-state index in [4.69, 9.17) is 23.2 Å². The number of amides is 4. The summed E-state index contributed by atoms with van der Waals surface area (Å²) >= 11 is 11.9. The molecule has 0 saturated heterocycles. The van der Waals surface area contributed by atoms with Crippen LogP contribution in [0.2, 0.25) is 10.0 Å². The van der Waals surface area contributed by atoms with Crippen molar-refractivity contribution in [3.05, 3.63) is 88.2 Å². The average molecular weight is 475 g/mol. The van der Waals surface area contributed by atoms with Crippen LogP contribution in [0.3, 0.4) is 0 Å². The van der Waals surface area contributed by atoms with Gasteiger partial charge in [-0.15, -0.1) is 0 Å². The van der Waals surface area contributed by atoms with Crippen molar-refractivity contribution in [1.29, 1.82) is 0 Å². The molecule has 3 aromatic rings. The minimum Gasteiger partial charge on any atom is -0.336 e. The van der Waals surface area contributed by atoms with Gasteiger partial charge in [0.25, 0.3) is 0 Å². The molecule has 0 saturated carbocycles. The number of nitrogens with one attached hydrogen (secondary N) is 3. The van der Waals surface area contributed by atoms with E-state index in [1.165, 1.54) is 35.2 Å². The fourth-order valence-electron chi connectivity index (χ4n) is 2.89. The first kappa shape index (κ1) is 23.4. The zero-order valence-electron chi connectivity index (χ0n) is 17.2. The van der Waals surface area contributed by atoms with Crippen molar-refractivity contribution in [2.75, 3.05) is 28.6 Å². The molecule has 0 heterocycles. The number of nitrogens with zero attached hydrogens (tertiary/aromatic N) is 1. The van der Waals surface area contributed by atoms with Crippen LogP contribution in [0.1, 0.15) is 5.56 Å². The molecule has 3 N–H and O–H groups in total. The molecule has 0 fully saturated rings. The van der Waals surface area contributed by atoms with Crippen LogP contribution in [-0.4, -0.2) is 25.2 Å². The van der Waals surface area contributed by atoms with Crippen molar-refractivity contribution in [1.82, 2.24) is 5.32 Å². The number of rotatable bonds is 6. The zero-order valence-corrected chi connectivity index (χ0v) is 18.7. The van der Waals surface area contributed by atoms with E-state index in [1.807, 2.05) is 25.1 Å². The van der Waals surface area contributed by atoms with Gasteiger partial charge in [0.2, 0.25) is 0 Å². The summed E-state index contributed by atoms with van der Waals surface area (Å²) in [5.74, 6) is -0.422. The standard InChI is InChI=1S/C23H21Cl2FN4O2/c1-15-4-2-3-5-21(15)29-22(31)27-12-13-30(18-9-6-16(26)7-10-18)23(32)28-17-8-11-19(24)20(25)14-17/h2-11,14H,12-13H2,1H3,(H,28,32)(H2,27,29,31). The van der Waals surface area contributed by atoms with Gasteiger partial charge in [-0.3, -0.25) is 4.90 Å². The van der Waals surface area contributed by atoms with E-state index in [0.29, 0.717) is 27.1 Å². The Kier molecular flexibility index (Phi) is 7.92. The number of carbonyl (C=O) groups excluding carboxylic acids is 2. The number of urea groups is 2. The summed E-state index contributed by atoms with van der Waals surface area (Å²) in [4.78, 5) is 26.5. The van der Waals surface area contributed by atoms with Crippen molar-refractivity contribution in [3.63, 3.8) is 0 Å². The van der Waals surface area contributed by atoms with Crippen LogP contribution in [0.5, 0.6) is 0 Å². The summed E-state index contributed by atoms with van der Waals surface area (Å²) in [6, 6.07) is 16.7. The fraction of sp³-hybridized carbons (Fsp3) is 0.130. The Labute approximate surface area is 195 Å². The molecule has 0 aromatic heterocycles. The molecule has 0 atom stereocenters. The minimum atomic E-state index is -0.476. The second-order valence-electron chi connectivity index (χ2n) is 6.88. The van der Waals surface area contributed by atoms with Crippen molar-refractivity contribution in [2.45, 2.75) is 6.92 Å². The maximum atomic E-state index is 13.4. The quantitative estimate of drug-likeness (QED) is 0.392. The van der Waals surface area contributed by atoms with Gasteiger partial charge in [0.05, 0.1) is 10.0 Å². The third kappa shape index (κ3) is 6.35. The molecule has 3 aromatic carbocycles. The highest BCUT2D eigenvalue weighted by Crippen LogP contribution is 2.25. The average Bonchev–Trinajstić information content (AvgIpc) is 2.76. The molecule has 166 valence electrons. The number of carbonyl (C=O) groups is 2. The van der Waals surface area contributed by atoms with Gasteiger partial charge in [-0.05, 0) is 61.0 Å². The summed E-state index contributed by atoms with van der Waals surface area (Å²) in [5, 5.41) is 8.88. The van der Waals surface area contributed by atoms with Gasteiger partial charge < -0.3 is 16.0 Å². The maximum Gasteiger partial charge on any atom is 0.326 e. The topological polar surface area (TPSA) is 73.5 Å². The molecule has 0 spiro atoms. The number of benzene rings is 3. The van der Waals surface area contributed by atoms with Crippen LogP contribution in [-0.2, 0) is 0 Å². The normalized spacial score (nSPS) is 10.4. The molecule has 0 aliphatic rings. The molecule has 0 unspecified atom stereocenters. The molecule has 0 radical (unpaired) electrons. The van der Waals surface area contributed by atoms with E-state index >= 15 is 0 Å². The Morgan fingerprint density at radius 2 is 1.66 bits per heavy atom. The maximum absolute atomic E-state index is 13.4. The van der Waals surface area contributed by atoms with Crippen LogP contribution in [0.4, 0.5) is 31.0 Å². The Morgan fingerprint density at radius 1 is 0.938 bits per heavy atom. The van der Waals surface area contributed by atoms with Crippen LogP contribution in [0.15, 0.2) is 66.7 Å². The predicted molar refractivity (Wildman–Crippen MR) is 127 cm³/mol. The van der Waals surface area contributed by atoms with Crippen molar-refractivity contribution in [3.8, 4) is 0 Å². The van der Waals surface area contributed by atoms with Gasteiger partial charge in [-0.25, -0.2) is 14.0 Å². The Hall–Kier alpha value is -3.29. The number of hydrogen-bond donors (Lipinski definition) is 3. The first-order valence-electron chi connectivity index (χ1n) is 9.73. The zero-order chi connectivity index (χ0) is 23.1. The molecule has 9 heteroatoms. The van der Waals surface area contributed by atoms with Crippen molar-refractivity contribution < 1.29 is 14.0 Å². The molecule has 0 aliphatic carbocycles. The smallest absolute Gasteiger partial charge is 0.326 e. The lowest BCUT2D eigenvalue weighted by Gasteiger charge is -2.23. The largest absolute Gasteiger partial charge is 0.336 e. The van der Waals surface area contributed by atoms with Crippen molar-refractivity contribution in [2.24, 2.45) is 0 Å². The summed E-state index contributed by atoms with van der Waals surface area (Å²) in [6.45, 7) is 2.18. The van der Waals surface area contributed by atoms with Gasteiger partial charge >= 0.3 is 12.1 Å². The van der Waals surface area contributed by atoms with E-state index in [2.05, 4.69) is 16.0 Å². The number of para-hydroxylation sites is 1. The van der Waals surface area contributed by atoms with Gasteiger partial charge in [0, 0.05) is 30.2 Å². The fourth-order valence-corrected chi connectivity index (χ4v) is 3.19. The number of hydrogen-bond acceptors (Lipinski definition) is 2. The third-order valence-corrected chi connectivity index (χ3v) is 5.31. The molecule has 4 amide bonds. The minimum absolute atomic E-state index is 0.139. The summed E-state index contributed by atoms with van der Waals surface area (Å²) in [7, 11) is 0. The van der Waals surface area contributed by atoms with Crippen molar-refractivity contribution >= 4 is 52.3 Å². The lowest BCUT2D eigenvalue weighted by atomic mass is 10.2. The molecule has 3 rings (SSSR count).